The highest BCUT2D eigenvalue weighted by molar-refractivity contribution is 6.22. The Morgan fingerprint density at radius 2 is 1.76 bits per heavy atom. The molecule has 2 aliphatic rings. The van der Waals surface area contributed by atoms with Crippen molar-refractivity contribution in [1.82, 2.24) is 9.80 Å². The van der Waals surface area contributed by atoms with E-state index in [4.69, 9.17) is 0 Å². The number of piperidine rings is 1. The summed E-state index contributed by atoms with van der Waals surface area (Å²) in [5.74, 6) is -1.52. The molecule has 0 spiro atoms. The Labute approximate surface area is 144 Å². The fourth-order valence-corrected chi connectivity index (χ4v) is 3.67. The summed E-state index contributed by atoms with van der Waals surface area (Å²) in [5.41, 5.74) is -0.179. The highest BCUT2D eigenvalue weighted by Gasteiger charge is 2.39. The minimum absolute atomic E-state index is 0.0215. The first-order valence-corrected chi connectivity index (χ1v) is 8.27. The van der Waals surface area contributed by atoms with E-state index in [1.165, 1.54) is 12.1 Å². The van der Waals surface area contributed by atoms with Gasteiger partial charge in [-0.3, -0.25) is 29.4 Å². The normalized spacial score (nSPS) is 23.0. The maximum absolute atomic E-state index is 12.7. The van der Waals surface area contributed by atoms with E-state index in [9.17, 15) is 24.5 Å². The lowest BCUT2D eigenvalue weighted by atomic mass is 9.97. The fraction of sp³-hybridized carbons (Fsp3) is 0.471. The first-order valence-electron chi connectivity index (χ1n) is 8.27. The topological polar surface area (TPSA) is 101 Å². The predicted octanol–water partition coefficient (Wildman–Crippen LogP) is 1.98. The summed E-state index contributed by atoms with van der Waals surface area (Å²) in [4.78, 5) is 50.4. The Morgan fingerprint density at radius 1 is 1.16 bits per heavy atom. The number of nitro groups is 1. The van der Waals surface area contributed by atoms with E-state index in [1.807, 2.05) is 13.8 Å². The second-order valence-electron chi connectivity index (χ2n) is 6.61. The molecular weight excluding hydrogens is 326 g/mol. The molecule has 8 heteroatoms. The molecule has 0 aliphatic carbocycles. The quantitative estimate of drug-likeness (QED) is 0.474. The van der Waals surface area contributed by atoms with E-state index >= 15 is 0 Å². The number of likely N-dealkylation sites (tertiary alicyclic amines) is 1. The third-order valence-corrected chi connectivity index (χ3v) is 4.94. The number of hydrogen-bond acceptors (Lipinski definition) is 5. The van der Waals surface area contributed by atoms with Gasteiger partial charge in [-0.15, -0.1) is 0 Å². The van der Waals surface area contributed by atoms with Crippen LogP contribution in [-0.2, 0) is 4.79 Å². The third kappa shape index (κ3) is 2.88. The number of benzene rings is 1. The number of nitro benzene ring substituents is 1. The number of rotatable bonds is 3. The molecule has 3 rings (SSSR count). The Bertz CT molecular complexity index is 766. The molecule has 0 bridgehead atoms. The lowest BCUT2D eigenvalue weighted by molar-refractivity contribution is -0.384. The van der Waals surface area contributed by atoms with Crippen LogP contribution in [0.15, 0.2) is 18.2 Å². The maximum atomic E-state index is 12.7. The molecule has 1 aromatic carbocycles. The van der Waals surface area contributed by atoms with Gasteiger partial charge in [-0.2, -0.15) is 0 Å². The van der Waals surface area contributed by atoms with Crippen LogP contribution in [0.3, 0.4) is 0 Å². The zero-order chi connectivity index (χ0) is 18.3. The first-order chi connectivity index (χ1) is 11.8. The molecule has 1 saturated heterocycles. The predicted molar refractivity (Wildman–Crippen MR) is 88.1 cm³/mol. The zero-order valence-corrected chi connectivity index (χ0v) is 14.1. The van der Waals surface area contributed by atoms with E-state index in [-0.39, 0.29) is 41.3 Å². The molecule has 3 amide bonds. The van der Waals surface area contributed by atoms with E-state index in [1.54, 1.807) is 4.90 Å². The second kappa shape index (κ2) is 6.27. The Kier molecular flexibility index (Phi) is 4.28. The maximum Gasteiger partial charge on any atom is 0.270 e. The highest BCUT2D eigenvalue weighted by Crippen LogP contribution is 2.28. The molecule has 0 unspecified atom stereocenters. The van der Waals surface area contributed by atoms with Crippen molar-refractivity contribution in [3.63, 3.8) is 0 Å². The Hall–Kier alpha value is -2.77. The number of nitrogens with zero attached hydrogens (tertiary/aromatic N) is 3. The number of hydrogen-bond donors (Lipinski definition) is 0. The van der Waals surface area contributed by atoms with Crippen molar-refractivity contribution >= 4 is 23.4 Å². The molecule has 1 aromatic rings. The van der Waals surface area contributed by atoms with Gasteiger partial charge in [0.05, 0.1) is 16.1 Å². The average molecular weight is 345 g/mol. The smallest absolute Gasteiger partial charge is 0.270 e. The zero-order valence-electron chi connectivity index (χ0n) is 14.1. The van der Waals surface area contributed by atoms with Crippen molar-refractivity contribution < 1.29 is 19.3 Å². The van der Waals surface area contributed by atoms with Crippen LogP contribution >= 0.6 is 0 Å². The monoisotopic (exact) mass is 345 g/mol. The van der Waals surface area contributed by atoms with E-state index in [0.29, 0.717) is 0 Å². The largest absolute Gasteiger partial charge is 0.336 e. The molecule has 2 aliphatic heterocycles. The summed E-state index contributed by atoms with van der Waals surface area (Å²) in [5, 5.41) is 10.9. The minimum atomic E-state index is -0.658. The van der Waals surface area contributed by atoms with E-state index < -0.39 is 16.7 Å². The molecule has 8 nitrogen and oxygen atoms in total. The number of imide groups is 1. The summed E-state index contributed by atoms with van der Waals surface area (Å²) in [6, 6.07) is 3.67. The molecular formula is C17H19N3O5. The number of carbonyl (C=O) groups excluding carboxylic acids is 3. The van der Waals surface area contributed by atoms with Crippen LogP contribution in [0.5, 0.6) is 0 Å². The second-order valence-corrected chi connectivity index (χ2v) is 6.61. The van der Waals surface area contributed by atoms with Crippen LogP contribution in [0, 0.1) is 10.1 Å². The van der Waals surface area contributed by atoms with Gasteiger partial charge in [-0.25, -0.2) is 0 Å². The lowest BCUT2D eigenvalue weighted by Crippen LogP contribution is -2.51. The van der Waals surface area contributed by atoms with Gasteiger partial charge in [0.15, 0.2) is 0 Å². The molecule has 0 N–H and O–H groups in total. The summed E-state index contributed by atoms with van der Waals surface area (Å²) in [6.45, 7) is 3.58. The van der Waals surface area contributed by atoms with Crippen molar-refractivity contribution in [3.05, 3.63) is 39.4 Å². The highest BCUT2D eigenvalue weighted by atomic mass is 16.6. The van der Waals surface area contributed by atoms with Crippen LogP contribution in [0.4, 0.5) is 5.69 Å². The van der Waals surface area contributed by atoms with E-state index in [2.05, 4.69) is 0 Å². The van der Waals surface area contributed by atoms with Crippen molar-refractivity contribution in [2.24, 2.45) is 0 Å². The van der Waals surface area contributed by atoms with Gasteiger partial charge < -0.3 is 4.90 Å². The number of fused-ring (bicyclic) bond motifs is 1. The minimum Gasteiger partial charge on any atom is -0.336 e. The van der Waals surface area contributed by atoms with Crippen LogP contribution in [0.25, 0.3) is 0 Å². The summed E-state index contributed by atoms with van der Waals surface area (Å²) in [7, 11) is 0. The molecule has 132 valence electrons. The van der Waals surface area contributed by atoms with Crippen molar-refractivity contribution in [2.45, 2.75) is 45.2 Å². The first kappa shape index (κ1) is 17.1. The van der Waals surface area contributed by atoms with E-state index in [0.717, 1.165) is 30.2 Å². The Morgan fingerprint density at radius 3 is 2.36 bits per heavy atom. The van der Waals surface area contributed by atoms with Crippen molar-refractivity contribution in [1.29, 1.82) is 0 Å². The van der Waals surface area contributed by atoms with Gasteiger partial charge in [0, 0.05) is 24.2 Å². The van der Waals surface area contributed by atoms with Crippen LogP contribution in [0.2, 0.25) is 0 Å². The standard InChI is InChI=1S/C17H19N3O5/c1-10-4-3-5-11(2)19(10)15(21)9-18-16(22)13-7-6-12(20(24)25)8-14(13)17(18)23/h6-8,10-11H,3-5,9H2,1-2H3/t10-,11+. The number of non-ortho nitro benzene ring substituents is 1. The SMILES string of the molecule is C[C@@H]1CCC[C@H](C)N1C(=O)CN1C(=O)c2ccc([N+](=O)[O-])cc2C1=O. The molecule has 25 heavy (non-hydrogen) atoms. The summed E-state index contributed by atoms with van der Waals surface area (Å²) < 4.78 is 0. The van der Waals surface area contributed by atoms with Gasteiger partial charge >= 0.3 is 0 Å². The molecule has 0 radical (unpaired) electrons. The van der Waals surface area contributed by atoms with Crippen LogP contribution < -0.4 is 0 Å². The van der Waals surface area contributed by atoms with Crippen LogP contribution in [-0.4, -0.2) is 51.1 Å². The van der Waals surface area contributed by atoms with Crippen LogP contribution in [0.1, 0.15) is 53.8 Å². The van der Waals surface area contributed by atoms with Crippen molar-refractivity contribution in [3.8, 4) is 0 Å². The fourth-order valence-electron chi connectivity index (χ4n) is 3.67. The molecule has 0 saturated carbocycles. The summed E-state index contributed by atoms with van der Waals surface area (Å²) >= 11 is 0. The third-order valence-electron chi connectivity index (χ3n) is 4.94. The van der Waals surface area contributed by atoms with Gasteiger partial charge in [0.2, 0.25) is 5.91 Å². The molecule has 2 heterocycles. The number of carbonyl (C=O) groups is 3. The molecule has 1 fully saturated rings. The van der Waals surface area contributed by atoms with Gasteiger partial charge in [-0.05, 0) is 39.2 Å². The lowest BCUT2D eigenvalue weighted by Gasteiger charge is -2.39. The van der Waals surface area contributed by atoms with Crippen molar-refractivity contribution in [2.75, 3.05) is 6.54 Å². The average Bonchev–Trinajstić information content (AvgIpc) is 2.79. The Balaban J connectivity index is 1.82. The van der Waals surface area contributed by atoms with Gasteiger partial charge in [0.25, 0.3) is 17.5 Å². The molecule has 2 atom stereocenters. The van der Waals surface area contributed by atoms with Gasteiger partial charge in [0.1, 0.15) is 6.54 Å². The number of amides is 3. The summed E-state index contributed by atoms with van der Waals surface area (Å²) in [6.07, 6.45) is 2.83. The molecule has 0 aromatic heterocycles. The van der Waals surface area contributed by atoms with Gasteiger partial charge in [-0.1, -0.05) is 0 Å².